The summed E-state index contributed by atoms with van der Waals surface area (Å²) in [6.45, 7) is 6.13. The summed E-state index contributed by atoms with van der Waals surface area (Å²) in [6, 6.07) is -0.960. The number of methoxy groups -OCH3 is 1. The van der Waals surface area contributed by atoms with Crippen molar-refractivity contribution in [3.05, 3.63) is 0 Å². The third-order valence-corrected chi connectivity index (χ3v) is 16.1. The van der Waals surface area contributed by atoms with Crippen LogP contribution in [0.25, 0.3) is 0 Å². The zero-order valence-corrected chi connectivity index (χ0v) is 51.3. The second-order valence-electron chi connectivity index (χ2n) is 23.2. The van der Waals surface area contributed by atoms with Gasteiger partial charge in [0.2, 0.25) is 29.5 Å². The largest absolute Gasteiger partial charge is 0.394 e. The van der Waals surface area contributed by atoms with Crippen LogP contribution in [0.3, 0.4) is 0 Å². The van der Waals surface area contributed by atoms with Gasteiger partial charge in [-0.15, -0.1) is 0 Å². The molecule has 27 nitrogen and oxygen atoms in total. The second kappa shape index (κ2) is 43.9. The predicted octanol–water partition coefficient (Wildman–Crippen LogP) is -0.765. The van der Waals surface area contributed by atoms with Crippen LogP contribution < -0.4 is 26.6 Å². The first kappa shape index (κ1) is 76.6. The van der Waals surface area contributed by atoms with Crippen molar-refractivity contribution in [2.75, 3.05) is 79.5 Å². The number of unbranched alkanes of at least 4 members (excludes halogenated alkanes) is 7. The van der Waals surface area contributed by atoms with Crippen LogP contribution in [0.1, 0.15) is 156 Å². The first-order valence-corrected chi connectivity index (χ1v) is 31.4. The van der Waals surface area contributed by atoms with E-state index < -0.39 is 129 Å². The summed E-state index contributed by atoms with van der Waals surface area (Å²) in [4.78, 5) is 79.5. The van der Waals surface area contributed by atoms with Gasteiger partial charge in [-0.3, -0.25) is 28.8 Å². The molecule has 0 aliphatic carbocycles. The zero-order valence-electron chi connectivity index (χ0n) is 51.3. The van der Waals surface area contributed by atoms with E-state index in [1.807, 2.05) is 0 Å². The van der Waals surface area contributed by atoms with Crippen molar-refractivity contribution >= 4 is 35.3 Å². The molecule has 3 rings (SSSR count). The normalized spacial score (nSPS) is 28.3. The molecule has 0 spiro atoms. The Morgan fingerprint density at radius 3 is 1.19 bits per heavy atom. The zero-order chi connectivity index (χ0) is 63.4. The molecule has 3 aliphatic rings. The van der Waals surface area contributed by atoms with Crippen LogP contribution in [-0.2, 0) is 61.9 Å². The fraction of sp³-hybridized carbons (Fsp3) is 0.898. The number of ketones is 1. The van der Waals surface area contributed by atoms with Gasteiger partial charge in [0.15, 0.2) is 24.7 Å². The molecule has 0 aromatic heterocycles. The lowest BCUT2D eigenvalue weighted by molar-refractivity contribution is -0.282. The lowest BCUT2D eigenvalue weighted by atomic mass is 9.91. The summed E-state index contributed by atoms with van der Waals surface area (Å²) in [7, 11) is 1.60. The van der Waals surface area contributed by atoms with Crippen molar-refractivity contribution in [1.82, 2.24) is 26.6 Å². The van der Waals surface area contributed by atoms with E-state index in [-0.39, 0.29) is 81.3 Å². The molecule has 17 atom stereocenters. The minimum absolute atomic E-state index is 0.0348. The van der Waals surface area contributed by atoms with Crippen LogP contribution in [-0.4, -0.2) is 241 Å². The van der Waals surface area contributed by atoms with E-state index in [1.54, 1.807) is 27.9 Å². The highest BCUT2D eigenvalue weighted by molar-refractivity contribution is 5.92. The Kier molecular flexibility index (Phi) is 39.2. The molecule has 3 fully saturated rings. The maximum Gasteiger partial charge on any atom is 0.223 e. The maximum atomic E-state index is 14.3. The molecular weight excluding hydrogens is 1130 g/mol. The number of carbonyl (C=O) groups is 6. The smallest absolute Gasteiger partial charge is 0.223 e. The monoisotopic (exact) mass is 1240 g/mol. The predicted molar refractivity (Wildman–Crippen MR) is 310 cm³/mol. The number of Topliss-reactive ketones (excluding diaryl/α,β-unsaturated/α-hetero) is 1. The average molecular weight is 1240 g/mol. The highest BCUT2D eigenvalue weighted by atomic mass is 16.7. The topological polar surface area (TPSA) is 409 Å². The van der Waals surface area contributed by atoms with E-state index in [0.717, 1.165) is 0 Å². The summed E-state index contributed by atoms with van der Waals surface area (Å²) in [5.41, 5.74) is 0. The molecule has 0 radical (unpaired) electrons. The number of hydrogen-bond acceptors (Lipinski definition) is 22. The molecule has 3 saturated heterocycles. The van der Waals surface area contributed by atoms with E-state index in [4.69, 9.17) is 33.2 Å². The minimum atomic E-state index is -1.27. The Morgan fingerprint density at radius 2 is 0.779 bits per heavy atom. The number of ether oxygens (including phenoxy) is 7. The van der Waals surface area contributed by atoms with Gasteiger partial charge in [-0.25, -0.2) is 0 Å². The SMILES string of the molecule is COCCCNC(=O)CCCCCNC(=O)C(CCCCNC(=O)CCCCO[C@@H]1OC(CO)[C@H](O)C(O)[C@@H]1C)CC(=O)C(CCCCNC(=O)CCCCO[C@@H]1OC(CO)[C@H](O)C(O)[C@@H]1C)NC(=O)CCCCO[C@@H]1OC(CO)[C@H](O)C(O)[C@@H]1C. The van der Waals surface area contributed by atoms with Crippen molar-refractivity contribution in [2.24, 2.45) is 23.7 Å². The van der Waals surface area contributed by atoms with Crippen LogP contribution in [0.5, 0.6) is 0 Å². The number of hydrogen-bond donors (Lipinski definition) is 14. The van der Waals surface area contributed by atoms with Gasteiger partial charge in [0.25, 0.3) is 0 Å². The summed E-state index contributed by atoms with van der Waals surface area (Å²) in [6.07, 6.45) is -4.24. The van der Waals surface area contributed by atoms with Crippen molar-refractivity contribution < 1.29 is 108 Å². The van der Waals surface area contributed by atoms with Crippen LogP contribution in [0.15, 0.2) is 0 Å². The number of rotatable bonds is 46. The molecule has 0 aromatic rings. The van der Waals surface area contributed by atoms with Gasteiger partial charge in [-0.1, -0.05) is 33.6 Å². The number of aliphatic hydroxyl groups excluding tert-OH is 9. The van der Waals surface area contributed by atoms with Gasteiger partial charge in [-0.2, -0.15) is 0 Å². The van der Waals surface area contributed by atoms with Gasteiger partial charge in [-0.05, 0) is 89.9 Å². The molecule has 86 heavy (non-hydrogen) atoms. The van der Waals surface area contributed by atoms with Crippen molar-refractivity contribution in [2.45, 2.75) is 235 Å². The fourth-order valence-electron chi connectivity index (χ4n) is 10.4. The first-order chi connectivity index (χ1) is 41.3. The molecule has 0 bridgehead atoms. The maximum absolute atomic E-state index is 14.3. The first-order valence-electron chi connectivity index (χ1n) is 31.4. The highest BCUT2D eigenvalue weighted by Crippen LogP contribution is 2.30. The van der Waals surface area contributed by atoms with Gasteiger partial charge < -0.3 is 106 Å². The molecule has 3 aliphatic heterocycles. The van der Waals surface area contributed by atoms with Crippen LogP contribution >= 0.6 is 0 Å². The van der Waals surface area contributed by atoms with Crippen molar-refractivity contribution in [3.63, 3.8) is 0 Å². The lowest BCUT2D eigenvalue weighted by Crippen LogP contribution is -2.55. The standard InChI is InChI=1S/C59H107N5O22/c1-37-50(73)53(76)43(34-65)84-57(37)81-30-15-9-22-47(70)60-25-13-7-19-40(56(79)63-27-12-5-6-21-46(69)62-28-18-29-80-4)33-42(68)41(64-49(72)24-11-17-32-83-59-39(3)52(75)55(78)45(36-67)86-59)20-8-14-26-61-48(71)23-10-16-31-82-58-38(2)51(74)54(77)44(35-66)85-58/h37-41,43-45,50-55,57-59,65-67,73-78H,5-36H2,1-4H3,(H,60,70)(H,61,71)(H,62,69)(H,63,79)(H,64,72)/t37-,38-,39-,40?,41?,43?,44?,45?,50?,51?,52?,53-,54-,55-,57+,58+,59+/m0/s1. The Balaban J connectivity index is 1.57. The molecule has 3 heterocycles. The second-order valence-corrected chi connectivity index (χ2v) is 23.2. The highest BCUT2D eigenvalue weighted by Gasteiger charge is 2.45. The van der Waals surface area contributed by atoms with Crippen molar-refractivity contribution in [3.8, 4) is 0 Å². The van der Waals surface area contributed by atoms with E-state index >= 15 is 0 Å². The molecule has 8 unspecified atom stereocenters. The quantitative estimate of drug-likeness (QED) is 0.0333. The fourth-order valence-corrected chi connectivity index (χ4v) is 10.4. The van der Waals surface area contributed by atoms with E-state index in [2.05, 4.69) is 26.6 Å². The van der Waals surface area contributed by atoms with Crippen molar-refractivity contribution in [1.29, 1.82) is 0 Å². The summed E-state index contributed by atoms with van der Waals surface area (Å²) in [5, 5.41) is 104. The Labute approximate surface area is 507 Å². The Hall–Kier alpha value is -3.62. The Bertz CT molecular complexity index is 1910. The third-order valence-electron chi connectivity index (χ3n) is 16.1. The third kappa shape index (κ3) is 28.5. The molecular formula is C59H107N5O22. The Morgan fingerprint density at radius 1 is 0.419 bits per heavy atom. The number of carbonyl (C=O) groups excluding carboxylic acids is 6. The summed E-state index contributed by atoms with van der Waals surface area (Å²) in [5.74, 6) is -3.93. The van der Waals surface area contributed by atoms with E-state index in [9.17, 15) is 74.7 Å². The summed E-state index contributed by atoms with van der Waals surface area (Å²) >= 11 is 0. The number of amides is 5. The van der Waals surface area contributed by atoms with Gasteiger partial charge in [0.05, 0.1) is 44.2 Å². The lowest BCUT2D eigenvalue weighted by Gasteiger charge is -2.40. The molecule has 14 N–H and O–H groups in total. The van der Waals surface area contributed by atoms with Crippen LogP contribution in [0.4, 0.5) is 0 Å². The van der Waals surface area contributed by atoms with Gasteiger partial charge in [0.1, 0.15) is 36.6 Å². The molecule has 0 aromatic carbocycles. The minimum Gasteiger partial charge on any atom is -0.394 e. The van der Waals surface area contributed by atoms with Gasteiger partial charge >= 0.3 is 0 Å². The van der Waals surface area contributed by atoms with Crippen LogP contribution in [0, 0.1) is 23.7 Å². The number of nitrogens with one attached hydrogen (secondary N) is 5. The van der Waals surface area contributed by atoms with Crippen LogP contribution in [0.2, 0.25) is 0 Å². The molecule has 0 saturated carbocycles. The average Bonchev–Trinajstić information content (AvgIpc) is 2.45. The molecule has 5 amide bonds. The number of aliphatic hydroxyl groups is 9. The molecule has 500 valence electrons. The van der Waals surface area contributed by atoms with E-state index in [1.165, 1.54) is 0 Å². The summed E-state index contributed by atoms with van der Waals surface area (Å²) < 4.78 is 39.2. The van der Waals surface area contributed by atoms with E-state index in [0.29, 0.717) is 136 Å². The molecule has 27 heteroatoms. The van der Waals surface area contributed by atoms with Gasteiger partial charge in [0, 0.05) is 115 Å².